The zero-order chi connectivity index (χ0) is 13.0. The lowest BCUT2D eigenvalue weighted by Crippen LogP contribution is -2.43. The Bertz CT molecular complexity index is 422. The standard InChI is InChI=1S/C14H19NO2S/c1-18-13-8-3-2-7-12(13)15-14(17)10-5-4-6-11(16)9-10/h4-6,9,12-13,16H,2-3,7-8H2,1H3,(H,15,17). The molecule has 98 valence electrons. The van der Waals surface area contributed by atoms with Crippen LogP contribution in [0.5, 0.6) is 5.75 Å². The van der Waals surface area contributed by atoms with E-state index in [0.29, 0.717) is 10.8 Å². The van der Waals surface area contributed by atoms with Gasteiger partial charge < -0.3 is 10.4 Å². The number of nitrogens with one attached hydrogen (secondary N) is 1. The molecule has 18 heavy (non-hydrogen) atoms. The average Bonchev–Trinajstić information content (AvgIpc) is 2.39. The maximum Gasteiger partial charge on any atom is 0.251 e. The van der Waals surface area contributed by atoms with Crippen LogP contribution in [0.25, 0.3) is 0 Å². The highest BCUT2D eigenvalue weighted by Crippen LogP contribution is 2.27. The van der Waals surface area contributed by atoms with Crippen molar-refractivity contribution in [1.82, 2.24) is 5.32 Å². The van der Waals surface area contributed by atoms with Crippen molar-refractivity contribution in [3.8, 4) is 5.75 Å². The van der Waals surface area contributed by atoms with Gasteiger partial charge >= 0.3 is 0 Å². The van der Waals surface area contributed by atoms with Gasteiger partial charge in [-0.3, -0.25) is 4.79 Å². The third-order valence-electron chi connectivity index (χ3n) is 3.43. The van der Waals surface area contributed by atoms with Crippen molar-refractivity contribution in [3.05, 3.63) is 29.8 Å². The van der Waals surface area contributed by atoms with Crippen LogP contribution in [0.1, 0.15) is 36.0 Å². The van der Waals surface area contributed by atoms with Crippen molar-refractivity contribution in [2.45, 2.75) is 37.0 Å². The van der Waals surface area contributed by atoms with Crippen LogP contribution in [0.15, 0.2) is 24.3 Å². The number of thioether (sulfide) groups is 1. The van der Waals surface area contributed by atoms with Crippen molar-refractivity contribution in [2.75, 3.05) is 6.26 Å². The van der Waals surface area contributed by atoms with Gasteiger partial charge in [-0.15, -0.1) is 0 Å². The van der Waals surface area contributed by atoms with Crippen molar-refractivity contribution in [3.63, 3.8) is 0 Å². The smallest absolute Gasteiger partial charge is 0.251 e. The number of carbonyl (C=O) groups is 1. The van der Waals surface area contributed by atoms with Crippen LogP contribution in [-0.2, 0) is 0 Å². The summed E-state index contributed by atoms with van der Waals surface area (Å²) in [6.07, 6.45) is 6.76. The van der Waals surface area contributed by atoms with Gasteiger partial charge in [-0.1, -0.05) is 18.9 Å². The summed E-state index contributed by atoms with van der Waals surface area (Å²) in [6.45, 7) is 0. The first-order chi connectivity index (χ1) is 8.70. The van der Waals surface area contributed by atoms with Gasteiger partial charge in [0.1, 0.15) is 5.75 Å². The molecule has 4 heteroatoms. The summed E-state index contributed by atoms with van der Waals surface area (Å²) >= 11 is 1.83. The molecule has 1 aliphatic rings. The molecule has 2 N–H and O–H groups in total. The van der Waals surface area contributed by atoms with Gasteiger partial charge in [-0.25, -0.2) is 0 Å². The van der Waals surface area contributed by atoms with Crippen LogP contribution in [-0.4, -0.2) is 28.6 Å². The Morgan fingerprint density at radius 1 is 1.39 bits per heavy atom. The van der Waals surface area contributed by atoms with Crippen LogP contribution in [0, 0.1) is 0 Å². The largest absolute Gasteiger partial charge is 0.508 e. The molecule has 2 atom stereocenters. The van der Waals surface area contributed by atoms with Gasteiger partial charge in [-0.05, 0) is 37.3 Å². The Labute approximate surface area is 112 Å². The highest BCUT2D eigenvalue weighted by atomic mass is 32.2. The van der Waals surface area contributed by atoms with Crippen LogP contribution in [0.3, 0.4) is 0 Å². The summed E-state index contributed by atoms with van der Waals surface area (Å²) in [4.78, 5) is 12.1. The zero-order valence-corrected chi connectivity index (χ0v) is 11.4. The number of benzene rings is 1. The lowest BCUT2D eigenvalue weighted by Gasteiger charge is -2.30. The minimum Gasteiger partial charge on any atom is -0.508 e. The summed E-state index contributed by atoms with van der Waals surface area (Å²) in [5, 5.41) is 13.0. The number of rotatable bonds is 3. The SMILES string of the molecule is CSC1CCCCC1NC(=O)c1cccc(O)c1. The second kappa shape index (κ2) is 6.14. The predicted octanol–water partition coefficient (Wildman–Crippen LogP) is 2.80. The topological polar surface area (TPSA) is 49.3 Å². The van der Waals surface area contributed by atoms with E-state index in [0.717, 1.165) is 6.42 Å². The fourth-order valence-electron chi connectivity index (χ4n) is 2.44. The van der Waals surface area contributed by atoms with E-state index in [1.165, 1.54) is 25.3 Å². The van der Waals surface area contributed by atoms with E-state index in [4.69, 9.17) is 0 Å². The van der Waals surface area contributed by atoms with Gasteiger partial charge in [0.2, 0.25) is 0 Å². The second-order valence-corrected chi connectivity index (χ2v) is 5.77. The molecule has 2 rings (SSSR count). The summed E-state index contributed by atoms with van der Waals surface area (Å²) in [5.41, 5.74) is 0.528. The van der Waals surface area contributed by atoms with E-state index in [1.807, 2.05) is 11.8 Å². The van der Waals surface area contributed by atoms with E-state index >= 15 is 0 Å². The van der Waals surface area contributed by atoms with Gasteiger partial charge in [0.25, 0.3) is 5.91 Å². The average molecular weight is 265 g/mol. The molecule has 0 saturated heterocycles. The van der Waals surface area contributed by atoms with Crippen LogP contribution < -0.4 is 5.32 Å². The predicted molar refractivity (Wildman–Crippen MR) is 75.1 cm³/mol. The molecule has 1 amide bonds. The minimum atomic E-state index is -0.0862. The van der Waals surface area contributed by atoms with Crippen molar-refractivity contribution in [2.24, 2.45) is 0 Å². The first-order valence-corrected chi connectivity index (χ1v) is 7.62. The van der Waals surface area contributed by atoms with Crippen molar-refractivity contribution >= 4 is 17.7 Å². The maximum atomic E-state index is 12.1. The van der Waals surface area contributed by atoms with Crippen molar-refractivity contribution in [1.29, 1.82) is 0 Å². The Morgan fingerprint density at radius 3 is 2.89 bits per heavy atom. The van der Waals surface area contributed by atoms with Crippen LogP contribution in [0.4, 0.5) is 0 Å². The monoisotopic (exact) mass is 265 g/mol. The van der Waals surface area contributed by atoms with E-state index in [1.54, 1.807) is 18.2 Å². The number of phenolic OH excluding ortho intramolecular Hbond substituents is 1. The van der Waals surface area contributed by atoms with E-state index in [-0.39, 0.29) is 17.7 Å². The Hall–Kier alpha value is -1.16. The van der Waals surface area contributed by atoms with Crippen molar-refractivity contribution < 1.29 is 9.90 Å². The number of amides is 1. The molecule has 1 fully saturated rings. The number of aromatic hydroxyl groups is 1. The number of phenols is 1. The molecular weight excluding hydrogens is 246 g/mol. The van der Waals surface area contributed by atoms with E-state index < -0.39 is 0 Å². The molecular formula is C14H19NO2S. The maximum absolute atomic E-state index is 12.1. The lowest BCUT2D eigenvalue weighted by molar-refractivity contribution is 0.0929. The highest BCUT2D eigenvalue weighted by molar-refractivity contribution is 7.99. The number of carbonyl (C=O) groups excluding carboxylic acids is 1. The van der Waals surface area contributed by atoms with Gasteiger partial charge in [0.05, 0.1) is 0 Å². The fraction of sp³-hybridized carbons (Fsp3) is 0.500. The molecule has 0 spiro atoms. The molecule has 1 aromatic carbocycles. The third kappa shape index (κ3) is 3.19. The van der Waals surface area contributed by atoms with Crippen LogP contribution >= 0.6 is 11.8 Å². The number of hydrogen-bond acceptors (Lipinski definition) is 3. The Morgan fingerprint density at radius 2 is 2.17 bits per heavy atom. The normalized spacial score (nSPS) is 23.6. The Balaban J connectivity index is 2.02. The summed E-state index contributed by atoms with van der Waals surface area (Å²) in [7, 11) is 0. The summed E-state index contributed by atoms with van der Waals surface area (Å²) < 4.78 is 0. The third-order valence-corrected chi connectivity index (χ3v) is 4.60. The molecule has 1 aliphatic carbocycles. The molecule has 0 aliphatic heterocycles. The van der Waals surface area contributed by atoms with Gasteiger partial charge in [-0.2, -0.15) is 11.8 Å². The Kier molecular flexibility index (Phi) is 4.53. The fourth-order valence-corrected chi connectivity index (χ4v) is 3.38. The van der Waals surface area contributed by atoms with Gasteiger partial charge in [0.15, 0.2) is 0 Å². The second-order valence-electron chi connectivity index (χ2n) is 4.69. The minimum absolute atomic E-state index is 0.0862. The van der Waals surface area contributed by atoms with Gasteiger partial charge in [0, 0.05) is 16.9 Å². The summed E-state index contributed by atoms with van der Waals surface area (Å²) in [5.74, 6) is 0.0459. The summed E-state index contributed by atoms with van der Waals surface area (Å²) in [6, 6.07) is 6.75. The molecule has 1 saturated carbocycles. The highest BCUT2D eigenvalue weighted by Gasteiger charge is 2.25. The molecule has 0 heterocycles. The first kappa shape index (κ1) is 13.3. The molecule has 2 unspecified atom stereocenters. The lowest BCUT2D eigenvalue weighted by atomic mass is 9.94. The molecule has 0 bridgehead atoms. The van der Waals surface area contributed by atoms with E-state index in [2.05, 4.69) is 11.6 Å². The molecule has 3 nitrogen and oxygen atoms in total. The van der Waals surface area contributed by atoms with Crippen LogP contribution in [0.2, 0.25) is 0 Å². The molecule has 0 radical (unpaired) electrons. The number of hydrogen-bond donors (Lipinski definition) is 2. The quantitative estimate of drug-likeness (QED) is 0.883. The first-order valence-electron chi connectivity index (χ1n) is 6.33. The molecule has 0 aromatic heterocycles. The van der Waals surface area contributed by atoms with E-state index in [9.17, 15) is 9.90 Å². The zero-order valence-electron chi connectivity index (χ0n) is 10.6. The molecule has 1 aromatic rings.